The molecule has 0 radical (unpaired) electrons. The second-order valence-corrected chi connectivity index (χ2v) is 10.1. The molecule has 0 spiro atoms. The van der Waals surface area contributed by atoms with Crippen LogP contribution < -0.4 is 5.56 Å². The number of thiophene rings is 1. The van der Waals surface area contributed by atoms with Gasteiger partial charge in [0.25, 0.3) is 5.56 Å². The number of nitrogens with one attached hydrogen (secondary N) is 1. The maximum Gasteiger partial charge on any atom is 0.348 e. The number of rotatable bonds is 10. The summed E-state index contributed by atoms with van der Waals surface area (Å²) in [6.07, 6.45) is 4.96. The fraction of sp³-hybridized carbons (Fsp3) is 0.500. The minimum atomic E-state index is -0.661. The largest absolute Gasteiger partial charge is 0.465 e. The standard InChI is InChI=1S/C26H33N3O5S/c1-17-22-24(31)27-21(28-25(22)35-23(17)26(32)33-2)14-29(19-11-7-4-8-12-19)13-20(30)16-34-15-18-9-5-3-6-10-18/h3,5-6,9-10,19-20,30H,4,7-8,11-16H2,1-2H3,(H,27,28,31)/t20-/m1/s1. The zero-order valence-electron chi connectivity index (χ0n) is 20.3. The van der Waals surface area contributed by atoms with Gasteiger partial charge in [0.1, 0.15) is 15.5 Å². The van der Waals surface area contributed by atoms with Crippen molar-refractivity contribution >= 4 is 27.5 Å². The van der Waals surface area contributed by atoms with Crippen molar-refractivity contribution in [2.75, 3.05) is 20.3 Å². The molecule has 0 saturated heterocycles. The van der Waals surface area contributed by atoms with Crippen LogP contribution in [0.3, 0.4) is 0 Å². The molecule has 0 bridgehead atoms. The van der Waals surface area contributed by atoms with E-state index in [1.165, 1.54) is 24.9 Å². The van der Waals surface area contributed by atoms with Gasteiger partial charge in [-0.3, -0.25) is 9.69 Å². The van der Waals surface area contributed by atoms with E-state index < -0.39 is 12.1 Å². The van der Waals surface area contributed by atoms with Crippen LogP contribution in [0.25, 0.3) is 10.2 Å². The molecule has 9 heteroatoms. The second-order valence-electron chi connectivity index (χ2n) is 9.12. The van der Waals surface area contributed by atoms with Gasteiger partial charge in [-0.2, -0.15) is 0 Å². The topological polar surface area (TPSA) is 105 Å². The third-order valence-corrected chi connectivity index (χ3v) is 7.70. The van der Waals surface area contributed by atoms with Gasteiger partial charge in [0.15, 0.2) is 0 Å². The monoisotopic (exact) mass is 499 g/mol. The lowest BCUT2D eigenvalue weighted by Crippen LogP contribution is -2.43. The normalized spacial score (nSPS) is 15.5. The van der Waals surface area contributed by atoms with Crippen LogP contribution in [-0.4, -0.2) is 58.4 Å². The van der Waals surface area contributed by atoms with E-state index in [9.17, 15) is 14.7 Å². The Bertz CT molecular complexity index is 1190. The molecule has 1 aliphatic rings. The van der Waals surface area contributed by atoms with Gasteiger partial charge in [-0.15, -0.1) is 11.3 Å². The van der Waals surface area contributed by atoms with Crippen LogP contribution in [0.5, 0.6) is 0 Å². The van der Waals surface area contributed by atoms with E-state index in [-0.39, 0.29) is 12.2 Å². The van der Waals surface area contributed by atoms with Crippen molar-refractivity contribution in [3.8, 4) is 0 Å². The van der Waals surface area contributed by atoms with Crippen LogP contribution in [0.2, 0.25) is 0 Å². The van der Waals surface area contributed by atoms with Crippen molar-refractivity contribution < 1.29 is 19.4 Å². The molecule has 2 heterocycles. The van der Waals surface area contributed by atoms with Gasteiger partial charge in [-0.05, 0) is 30.9 Å². The molecule has 2 N–H and O–H groups in total. The SMILES string of the molecule is COC(=O)c1sc2nc(CN(C[C@@H](O)COCc3ccccc3)C3CCCCC3)[nH]c(=O)c2c1C. The molecule has 1 aromatic carbocycles. The Kier molecular flexibility index (Phi) is 8.67. The van der Waals surface area contributed by atoms with Crippen LogP contribution in [0.15, 0.2) is 35.1 Å². The van der Waals surface area contributed by atoms with Crippen molar-refractivity contribution in [1.82, 2.24) is 14.9 Å². The Morgan fingerprint density at radius 3 is 2.71 bits per heavy atom. The average molecular weight is 500 g/mol. The second kappa shape index (κ2) is 11.9. The van der Waals surface area contributed by atoms with Crippen LogP contribution >= 0.6 is 11.3 Å². The van der Waals surface area contributed by atoms with Crippen LogP contribution in [0.1, 0.15) is 58.7 Å². The Morgan fingerprint density at radius 1 is 1.26 bits per heavy atom. The predicted molar refractivity (Wildman–Crippen MR) is 136 cm³/mol. The summed E-state index contributed by atoms with van der Waals surface area (Å²) in [5.74, 6) is 0.0667. The number of carbonyl (C=O) groups excluding carboxylic acids is 1. The van der Waals surface area contributed by atoms with Crippen molar-refractivity contribution in [1.29, 1.82) is 0 Å². The zero-order valence-corrected chi connectivity index (χ0v) is 21.1. The maximum atomic E-state index is 12.9. The van der Waals surface area contributed by atoms with Crippen molar-refractivity contribution in [2.45, 2.75) is 64.3 Å². The lowest BCUT2D eigenvalue weighted by Gasteiger charge is -2.35. The minimum Gasteiger partial charge on any atom is -0.465 e. The number of benzene rings is 1. The van der Waals surface area contributed by atoms with Gasteiger partial charge < -0.3 is 19.6 Å². The number of methoxy groups -OCH3 is 1. The van der Waals surface area contributed by atoms with Gasteiger partial charge in [-0.25, -0.2) is 9.78 Å². The fourth-order valence-corrected chi connectivity index (χ4v) is 5.86. The molecule has 1 fully saturated rings. The molecule has 1 saturated carbocycles. The molecule has 0 aliphatic heterocycles. The Balaban J connectivity index is 1.48. The number of nitrogens with zero attached hydrogens (tertiary/aromatic N) is 2. The lowest BCUT2D eigenvalue weighted by atomic mass is 9.94. The van der Waals surface area contributed by atoms with Crippen LogP contribution in [0.4, 0.5) is 0 Å². The summed E-state index contributed by atoms with van der Waals surface area (Å²) in [5.41, 5.74) is 1.40. The molecule has 35 heavy (non-hydrogen) atoms. The third kappa shape index (κ3) is 6.35. The number of carbonyl (C=O) groups is 1. The number of aliphatic hydroxyl groups is 1. The van der Waals surface area contributed by atoms with Crippen molar-refractivity contribution in [2.24, 2.45) is 0 Å². The number of aryl methyl sites for hydroxylation is 1. The number of aromatic amines is 1. The van der Waals surface area contributed by atoms with Crippen molar-refractivity contribution in [3.63, 3.8) is 0 Å². The highest BCUT2D eigenvalue weighted by molar-refractivity contribution is 7.20. The first-order valence-electron chi connectivity index (χ1n) is 12.1. The van der Waals surface area contributed by atoms with E-state index in [0.29, 0.717) is 52.2 Å². The molecule has 1 atom stereocenters. The molecular formula is C26H33N3O5S. The summed E-state index contributed by atoms with van der Waals surface area (Å²) in [6, 6.07) is 10.2. The van der Waals surface area contributed by atoms with E-state index >= 15 is 0 Å². The third-order valence-electron chi connectivity index (χ3n) is 6.53. The number of fused-ring (bicyclic) bond motifs is 1. The number of H-pyrrole nitrogens is 1. The van der Waals surface area contributed by atoms with Gasteiger partial charge >= 0.3 is 5.97 Å². The summed E-state index contributed by atoms with van der Waals surface area (Å²) in [6.45, 7) is 3.26. The van der Waals surface area contributed by atoms with Gasteiger partial charge in [0.2, 0.25) is 0 Å². The number of ether oxygens (including phenoxy) is 2. The molecule has 2 aromatic heterocycles. The Morgan fingerprint density at radius 2 is 2.00 bits per heavy atom. The summed E-state index contributed by atoms with van der Waals surface area (Å²) >= 11 is 1.18. The van der Waals surface area contributed by atoms with E-state index in [0.717, 1.165) is 31.2 Å². The fourth-order valence-electron chi connectivity index (χ4n) is 4.74. The molecule has 0 amide bonds. The van der Waals surface area contributed by atoms with E-state index in [4.69, 9.17) is 9.47 Å². The van der Waals surface area contributed by atoms with E-state index in [1.54, 1.807) is 6.92 Å². The van der Waals surface area contributed by atoms with Crippen molar-refractivity contribution in [3.05, 3.63) is 62.5 Å². The summed E-state index contributed by atoms with van der Waals surface area (Å²) in [5, 5.41) is 11.2. The van der Waals surface area contributed by atoms with Gasteiger partial charge in [-0.1, -0.05) is 49.6 Å². The quantitative estimate of drug-likeness (QED) is 0.409. The summed E-state index contributed by atoms with van der Waals surface area (Å²) in [7, 11) is 1.33. The van der Waals surface area contributed by atoms with Gasteiger partial charge in [0.05, 0.1) is 38.4 Å². The molecular weight excluding hydrogens is 466 g/mol. The predicted octanol–water partition coefficient (Wildman–Crippen LogP) is 3.79. The Hall–Kier alpha value is -2.59. The first-order valence-corrected chi connectivity index (χ1v) is 12.9. The highest BCUT2D eigenvalue weighted by atomic mass is 32.1. The first-order chi connectivity index (χ1) is 17.0. The first kappa shape index (κ1) is 25.5. The highest BCUT2D eigenvalue weighted by Crippen LogP contribution is 2.28. The highest BCUT2D eigenvalue weighted by Gasteiger charge is 2.25. The number of aliphatic hydroxyl groups excluding tert-OH is 1. The summed E-state index contributed by atoms with van der Waals surface area (Å²) in [4.78, 5) is 35.7. The number of aromatic nitrogens is 2. The van der Waals surface area contributed by atoms with E-state index in [2.05, 4.69) is 14.9 Å². The van der Waals surface area contributed by atoms with Crippen LogP contribution in [-0.2, 0) is 22.6 Å². The maximum absolute atomic E-state index is 12.9. The molecule has 1 aliphatic carbocycles. The molecule has 8 nitrogen and oxygen atoms in total. The van der Waals surface area contributed by atoms with E-state index in [1.807, 2.05) is 30.3 Å². The molecule has 0 unspecified atom stereocenters. The lowest BCUT2D eigenvalue weighted by molar-refractivity contribution is -0.00393. The molecule has 3 aromatic rings. The zero-order chi connectivity index (χ0) is 24.8. The number of hydrogen-bond donors (Lipinski definition) is 2. The molecule has 188 valence electrons. The molecule has 4 rings (SSSR count). The number of esters is 1. The van der Waals surface area contributed by atoms with Crippen LogP contribution in [0, 0.1) is 6.92 Å². The smallest absolute Gasteiger partial charge is 0.348 e. The minimum absolute atomic E-state index is 0.230. The number of hydrogen-bond acceptors (Lipinski definition) is 8. The Labute approximate surface area is 208 Å². The van der Waals surface area contributed by atoms with Gasteiger partial charge in [0, 0.05) is 12.6 Å². The summed E-state index contributed by atoms with van der Waals surface area (Å²) < 4.78 is 10.6. The average Bonchev–Trinajstić information content (AvgIpc) is 3.21.